The van der Waals surface area contributed by atoms with E-state index >= 15 is 0 Å². The van der Waals surface area contributed by atoms with Gasteiger partial charge in [0, 0.05) is 18.7 Å². The molecule has 26 heavy (non-hydrogen) atoms. The molecule has 2 rings (SSSR count). The molecule has 2 N–H and O–H groups in total. The molecule has 5 nitrogen and oxygen atoms in total. The number of carbonyl (C=O) groups excluding carboxylic acids is 2. The average molecular weight is 374 g/mol. The molecule has 0 radical (unpaired) electrons. The van der Waals surface area contributed by atoms with Gasteiger partial charge in [-0.2, -0.15) is 13.2 Å². The van der Waals surface area contributed by atoms with Crippen molar-refractivity contribution in [3.05, 3.63) is 47.8 Å². The van der Waals surface area contributed by atoms with Gasteiger partial charge in [0.1, 0.15) is 11.9 Å². The fourth-order valence-electron chi connectivity index (χ4n) is 2.47. The summed E-state index contributed by atoms with van der Waals surface area (Å²) < 4.78 is 56.4. The van der Waals surface area contributed by atoms with Crippen molar-refractivity contribution in [3.8, 4) is 0 Å². The van der Waals surface area contributed by atoms with Gasteiger partial charge in [0.25, 0.3) is 0 Å². The topological polar surface area (TPSA) is 67.4 Å². The van der Waals surface area contributed by atoms with Crippen LogP contribution in [0.3, 0.4) is 0 Å². The molecule has 1 aliphatic heterocycles. The number of carbonyl (C=O) groups is 2. The van der Waals surface area contributed by atoms with Crippen LogP contribution in [0.2, 0.25) is 0 Å². The summed E-state index contributed by atoms with van der Waals surface area (Å²) in [7, 11) is 0. The Bertz CT molecular complexity index is 691. The molecule has 1 aromatic rings. The van der Waals surface area contributed by atoms with Crippen molar-refractivity contribution < 1.29 is 31.9 Å². The highest BCUT2D eigenvalue weighted by Gasteiger charge is 2.47. The molecule has 0 saturated carbocycles. The van der Waals surface area contributed by atoms with Gasteiger partial charge in [0.05, 0.1) is 0 Å². The minimum absolute atomic E-state index is 0.0412. The van der Waals surface area contributed by atoms with E-state index in [2.05, 4.69) is 17.2 Å². The molecule has 2 atom stereocenters. The number of hydrogen-bond donors (Lipinski definition) is 2. The van der Waals surface area contributed by atoms with Crippen LogP contribution in [0.25, 0.3) is 0 Å². The summed E-state index contributed by atoms with van der Waals surface area (Å²) in [5.74, 6) is -1.70. The van der Waals surface area contributed by atoms with E-state index in [-0.39, 0.29) is 31.5 Å². The number of alkyl halides is 3. The Morgan fingerprint density at radius 2 is 1.96 bits per heavy atom. The standard InChI is InChI=1S/C17H18F4N2O3/c1-2-15(24)22-8-10-3-4-11(12(18)7-10)9-23-16(25)13-5-6-14(26-13)17(19,20)21/h2-4,7,13-14H,1,5-6,8-9H2,(H,22,24)(H,23,25)/t13-,14+/m0/s1. The Morgan fingerprint density at radius 1 is 1.23 bits per heavy atom. The summed E-state index contributed by atoms with van der Waals surface area (Å²) >= 11 is 0. The Balaban J connectivity index is 1.86. The first-order valence-corrected chi connectivity index (χ1v) is 7.88. The maximum absolute atomic E-state index is 14.0. The molecular weight excluding hydrogens is 356 g/mol. The van der Waals surface area contributed by atoms with Gasteiger partial charge in [-0.25, -0.2) is 4.39 Å². The van der Waals surface area contributed by atoms with E-state index in [4.69, 9.17) is 4.74 Å². The lowest BCUT2D eigenvalue weighted by atomic mass is 10.1. The van der Waals surface area contributed by atoms with Crippen molar-refractivity contribution >= 4 is 11.8 Å². The summed E-state index contributed by atoms with van der Waals surface area (Å²) in [6.45, 7) is 3.23. The van der Waals surface area contributed by atoms with Crippen molar-refractivity contribution in [3.63, 3.8) is 0 Å². The highest BCUT2D eigenvalue weighted by molar-refractivity contribution is 5.86. The summed E-state index contributed by atoms with van der Waals surface area (Å²) in [4.78, 5) is 23.0. The van der Waals surface area contributed by atoms with Crippen LogP contribution in [-0.4, -0.2) is 30.2 Å². The van der Waals surface area contributed by atoms with Crippen LogP contribution in [0.5, 0.6) is 0 Å². The van der Waals surface area contributed by atoms with Gasteiger partial charge in [-0.1, -0.05) is 18.7 Å². The van der Waals surface area contributed by atoms with Crippen LogP contribution >= 0.6 is 0 Å². The third kappa shape index (κ3) is 5.29. The first-order valence-electron chi connectivity index (χ1n) is 7.88. The number of benzene rings is 1. The highest BCUT2D eigenvalue weighted by Crippen LogP contribution is 2.33. The molecule has 0 bridgehead atoms. The van der Waals surface area contributed by atoms with Gasteiger partial charge in [-0.3, -0.25) is 9.59 Å². The molecular formula is C17H18F4N2O3. The molecule has 0 spiro atoms. The molecule has 142 valence electrons. The van der Waals surface area contributed by atoms with Gasteiger partial charge in [-0.15, -0.1) is 0 Å². The van der Waals surface area contributed by atoms with Gasteiger partial charge in [-0.05, 0) is 30.5 Å². The fraction of sp³-hybridized carbons (Fsp3) is 0.412. The molecule has 1 aromatic carbocycles. The van der Waals surface area contributed by atoms with E-state index < -0.39 is 36.0 Å². The molecule has 1 heterocycles. The van der Waals surface area contributed by atoms with Gasteiger partial charge >= 0.3 is 6.18 Å². The van der Waals surface area contributed by atoms with E-state index in [0.29, 0.717) is 5.56 Å². The van der Waals surface area contributed by atoms with Crippen LogP contribution in [-0.2, 0) is 27.4 Å². The minimum Gasteiger partial charge on any atom is -0.356 e. The van der Waals surface area contributed by atoms with Crippen molar-refractivity contribution in [2.24, 2.45) is 0 Å². The lowest BCUT2D eigenvalue weighted by molar-refractivity contribution is -0.214. The smallest absolute Gasteiger partial charge is 0.356 e. The zero-order valence-electron chi connectivity index (χ0n) is 13.7. The van der Waals surface area contributed by atoms with Crippen molar-refractivity contribution in [2.45, 2.75) is 44.3 Å². The Kier molecular flexibility index (Phi) is 6.36. The molecule has 0 aliphatic carbocycles. The predicted octanol–water partition coefficient (Wildman–Crippen LogP) is 2.35. The van der Waals surface area contributed by atoms with Crippen LogP contribution < -0.4 is 10.6 Å². The maximum atomic E-state index is 14.0. The van der Waals surface area contributed by atoms with Gasteiger partial charge < -0.3 is 15.4 Å². The minimum atomic E-state index is -4.50. The van der Waals surface area contributed by atoms with E-state index in [9.17, 15) is 27.2 Å². The van der Waals surface area contributed by atoms with E-state index in [1.165, 1.54) is 12.1 Å². The van der Waals surface area contributed by atoms with Gasteiger partial charge in [0.2, 0.25) is 11.8 Å². The summed E-state index contributed by atoms with van der Waals surface area (Å²) in [6, 6.07) is 4.20. The predicted molar refractivity (Wildman–Crippen MR) is 84.2 cm³/mol. The normalized spacial score (nSPS) is 19.8. The summed E-state index contributed by atoms with van der Waals surface area (Å²) in [6.07, 6.45) is -6.87. The third-order valence-corrected chi connectivity index (χ3v) is 3.90. The second kappa shape index (κ2) is 8.31. The number of hydrogen-bond acceptors (Lipinski definition) is 3. The molecule has 0 unspecified atom stereocenters. The Morgan fingerprint density at radius 3 is 2.54 bits per heavy atom. The first kappa shape index (κ1) is 19.9. The van der Waals surface area contributed by atoms with Crippen LogP contribution in [0.15, 0.2) is 30.9 Å². The number of nitrogens with one attached hydrogen (secondary N) is 2. The van der Waals surface area contributed by atoms with E-state index in [0.717, 1.165) is 6.08 Å². The van der Waals surface area contributed by atoms with Crippen molar-refractivity contribution in [1.29, 1.82) is 0 Å². The van der Waals surface area contributed by atoms with Crippen LogP contribution in [0.1, 0.15) is 24.0 Å². The quantitative estimate of drug-likeness (QED) is 0.593. The first-order chi connectivity index (χ1) is 12.2. The van der Waals surface area contributed by atoms with Crippen molar-refractivity contribution in [2.75, 3.05) is 0 Å². The molecule has 2 amide bonds. The Hall–Kier alpha value is -2.42. The average Bonchev–Trinajstić information content (AvgIpc) is 3.09. The molecule has 1 saturated heterocycles. The SMILES string of the molecule is C=CC(=O)NCc1ccc(CNC(=O)[C@@H]2CC[C@H](C(F)(F)F)O2)c(F)c1. The van der Waals surface area contributed by atoms with Crippen molar-refractivity contribution in [1.82, 2.24) is 10.6 Å². The summed E-state index contributed by atoms with van der Waals surface area (Å²) in [5.41, 5.74) is 0.683. The van der Waals surface area contributed by atoms with Crippen LogP contribution in [0.4, 0.5) is 17.6 Å². The number of rotatable bonds is 6. The number of ether oxygens (including phenoxy) is 1. The molecule has 0 aromatic heterocycles. The third-order valence-electron chi connectivity index (χ3n) is 3.90. The number of halogens is 4. The largest absolute Gasteiger partial charge is 0.414 e. The monoisotopic (exact) mass is 374 g/mol. The second-order valence-electron chi connectivity index (χ2n) is 5.80. The van der Waals surface area contributed by atoms with E-state index in [1.807, 2.05) is 0 Å². The van der Waals surface area contributed by atoms with Gasteiger partial charge in [0.15, 0.2) is 6.10 Å². The fourth-order valence-corrected chi connectivity index (χ4v) is 2.47. The zero-order valence-corrected chi connectivity index (χ0v) is 13.7. The van der Waals surface area contributed by atoms with Crippen LogP contribution in [0, 0.1) is 5.82 Å². The number of amides is 2. The maximum Gasteiger partial charge on any atom is 0.414 e. The molecule has 1 aliphatic rings. The highest BCUT2D eigenvalue weighted by atomic mass is 19.4. The second-order valence-corrected chi connectivity index (χ2v) is 5.80. The lowest BCUT2D eigenvalue weighted by Gasteiger charge is -2.16. The Labute approximate surface area is 147 Å². The molecule has 1 fully saturated rings. The summed E-state index contributed by atoms with van der Waals surface area (Å²) in [5, 5.41) is 4.88. The lowest BCUT2D eigenvalue weighted by Crippen LogP contribution is -2.36. The molecule has 9 heteroatoms. The van der Waals surface area contributed by atoms with E-state index in [1.54, 1.807) is 6.07 Å². The zero-order chi connectivity index (χ0) is 19.3.